The standard InChI is InChI=1S/C25H34N4O3/c1-31-24-14-20(15-26-16-21-17-27-25-8-4-7-13-29(21)25)9-10-23(24)32-19-22(30)18-28-11-5-2-3-6-12-28/h4,7-10,13-14,17,22,26,30H,2-3,5-6,11-12,15-16,18-19H2,1H3. The summed E-state index contributed by atoms with van der Waals surface area (Å²) < 4.78 is 13.5. The molecule has 0 aliphatic carbocycles. The van der Waals surface area contributed by atoms with Crippen LogP contribution in [-0.4, -0.2) is 58.8 Å². The fraction of sp³-hybridized carbons (Fsp3) is 0.480. The Bertz CT molecular complexity index is 982. The van der Waals surface area contributed by atoms with E-state index in [-0.39, 0.29) is 6.61 Å². The van der Waals surface area contributed by atoms with Crippen LogP contribution in [0.1, 0.15) is 36.9 Å². The van der Waals surface area contributed by atoms with Crippen LogP contribution < -0.4 is 14.8 Å². The minimum atomic E-state index is -0.510. The van der Waals surface area contributed by atoms with Crippen molar-refractivity contribution in [3.8, 4) is 11.5 Å². The van der Waals surface area contributed by atoms with Crippen molar-refractivity contribution in [2.75, 3.05) is 33.4 Å². The van der Waals surface area contributed by atoms with Gasteiger partial charge in [0.2, 0.25) is 0 Å². The van der Waals surface area contributed by atoms with Crippen molar-refractivity contribution in [1.82, 2.24) is 19.6 Å². The largest absolute Gasteiger partial charge is 0.493 e. The van der Waals surface area contributed by atoms with Gasteiger partial charge in [0, 0.05) is 25.8 Å². The van der Waals surface area contributed by atoms with Gasteiger partial charge in [-0.15, -0.1) is 0 Å². The normalized spacial score (nSPS) is 16.1. The van der Waals surface area contributed by atoms with E-state index in [1.54, 1.807) is 7.11 Å². The molecule has 2 N–H and O–H groups in total. The monoisotopic (exact) mass is 438 g/mol. The number of hydrogen-bond acceptors (Lipinski definition) is 6. The van der Waals surface area contributed by atoms with Gasteiger partial charge in [-0.3, -0.25) is 0 Å². The Morgan fingerprint density at radius 2 is 1.91 bits per heavy atom. The van der Waals surface area contributed by atoms with Crippen LogP contribution in [0.15, 0.2) is 48.8 Å². The summed E-state index contributed by atoms with van der Waals surface area (Å²) >= 11 is 0. The average Bonchev–Trinajstić information content (AvgIpc) is 3.05. The first kappa shape index (κ1) is 22.6. The highest BCUT2D eigenvalue weighted by Crippen LogP contribution is 2.28. The molecule has 3 heterocycles. The molecule has 4 rings (SSSR count). The Kier molecular flexibility index (Phi) is 7.98. The van der Waals surface area contributed by atoms with E-state index in [2.05, 4.69) is 19.6 Å². The summed E-state index contributed by atoms with van der Waals surface area (Å²) in [5, 5.41) is 13.9. The van der Waals surface area contributed by atoms with E-state index < -0.39 is 6.10 Å². The fourth-order valence-electron chi connectivity index (χ4n) is 4.25. The molecule has 0 amide bonds. The van der Waals surface area contributed by atoms with Crippen LogP contribution in [0.2, 0.25) is 0 Å². The van der Waals surface area contributed by atoms with Gasteiger partial charge < -0.3 is 29.2 Å². The van der Waals surface area contributed by atoms with Crippen LogP contribution in [-0.2, 0) is 13.1 Å². The highest BCUT2D eigenvalue weighted by Gasteiger charge is 2.15. The average molecular weight is 439 g/mol. The number of nitrogens with one attached hydrogen (secondary N) is 1. The number of benzene rings is 1. The molecular formula is C25H34N4O3. The van der Waals surface area contributed by atoms with Crippen LogP contribution >= 0.6 is 0 Å². The SMILES string of the molecule is COc1cc(CNCc2cnc3ccccn23)ccc1OCC(O)CN1CCCCCC1. The lowest BCUT2D eigenvalue weighted by molar-refractivity contribution is 0.0683. The summed E-state index contributed by atoms with van der Waals surface area (Å²) in [6.45, 7) is 4.48. The maximum atomic E-state index is 10.4. The summed E-state index contributed by atoms with van der Waals surface area (Å²) in [6, 6.07) is 11.9. The molecule has 7 heteroatoms. The minimum Gasteiger partial charge on any atom is -0.493 e. The van der Waals surface area contributed by atoms with Gasteiger partial charge in [-0.1, -0.05) is 25.0 Å². The molecule has 7 nitrogen and oxygen atoms in total. The summed E-state index contributed by atoms with van der Waals surface area (Å²) in [5.41, 5.74) is 3.17. The maximum absolute atomic E-state index is 10.4. The van der Waals surface area contributed by atoms with Crippen LogP contribution in [0.4, 0.5) is 0 Å². The molecule has 0 radical (unpaired) electrons. The quantitative estimate of drug-likeness (QED) is 0.506. The Hall–Kier alpha value is -2.61. The summed E-state index contributed by atoms with van der Waals surface area (Å²) in [4.78, 5) is 6.77. The smallest absolute Gasteiger partial charge is 0.161 e. The number of fused-ring (bicyclic) bond motifs is 1. The molecular weight excluding hydrogens is 404 g/mol. The molecule has 1 fully saturated rings. The van der Waals surface area contributed by atoms with Crippen molar-refractivity contribution in [2.45, 2.75) is 44.9 Å². The first-order valence-electron chi connectivity index (χ1n) is 11.5. The molecule has 1 atom stereocenters. The zero-order chi connectivity index (χ0) is 22.2. The van der Waals surface area contributed by atoms with E-state index in [9.17, 15) is 5.11 Å². The molecule has 1 aliphatic heterocycles. The molecule has 1 unspecified atom stereocenters. The Morgan fingerprint density at radius 3 is 2.72 bits per heavy atom. The lowest BCUT2D eigenvalue weighted by Crippen LogP contribution is -2.36. The Morgan fingerprint density at radius 1 is 1.06 bits per heavy atom. The molecule has 2 aromatic heterocycles. The van der Waals surface area contributed by atoms with E-state index in [1.165, 1.54) is 25.7 Å². The third-order valence-corrected chi connectivity index (χ3v) is 5.96. The van der Waals surface area contributed by atoms with Gasteiger partial charge in [-0.25, -0.2) is 4.98 Å². The zero-order valence-electron chi connectivity index (χ0n) is 18.9. The Balaban J connectivity index is 1.27. The number of ether oxygens (including phenoxy) is 2. The number of aliphatic hydroxyl groups is 1. The molecule has 0 bridgehead atoms. The molecule has 0 spiro atoms. The van der Waals surface area contributed by atoms with Gasteiger partial charge in [-0.05, 0) is 55.8 Å². The predicted molar refractivity (Wildman–Crippen MR) is 125 cm³/mol. The first-order chi connectivity index (χ1) is 15.7. The van der Waals surface area contributed by atoms with E-state index in [0.717, 1.165) is 30.0 Å². The second kappa shape index (κ2) is 11.3. The molecule has 3 aromatic rings. The van der Waals surface area contributed by atoms with E-state index in [4.69, 9.17) is 9.47 Å². The number of imidazole rings is 1. The van der Waals surface area contributed by atoms with Crippen LogP contribution in [0, 0.1) is 0 Å². The van der Waals surface area contributed by atoms with Gasteiger partial charge in [0.1, 0.15) is 18.4 Å². The number of hydrogen-bond donors (Lipinski definition) is 2. The predicted octanol–water partition coefficient (Wildman–Crippen LogP) is 3.25. The van der Waals surface area contributed by atoms with Crippen molar-refractivity contribution in [3.63, 3.8) is 0 Å². The highest BCUT2D eigenvalue weighted by atomic mass is 16.5. The minimum absolute atomic E-state index is 0.263. The lowest BCUT2D eigenvalue weighted by atomic mass is 10.2. The molecule has 1 aliphatic rings. The molecule has 0 saturated carbocycles. The first-order valence-corrected chi connectivity index (χ1v) is 11.5. The highest BCUT2D eigenvalue weighted by molar-refractivity contribution is 5.43. The van der Waals surface area contributed by atoms with Gasteiger partial charge >= 0.3 is 0 Å². The number of aromatic nitrogens is 2. The lowest BCUT2D eigenvalue weighted by Gasteiger charge is -2.23. The number of nitrogens with zero attached hydrogens (tertiary/aromatic N) is 3. The van der Waals surface area contributed by atoms with Gasteiger partial charge in [0.15, 0.2) is 11.5 Å². The van der Waals surface area contributed by atoms with E-state index >= 15 is 0 Å². The summed E-state index contributed by atoms with van der Waals surface area (Å²) in [6.07, 6.45) is 8.43. The number of methoxy groups -OCH3 is 1. The molecule has 1 aromatic carbocycles. The van der Waals surface area contributed by atoms with Crippen molar-refractivity contribution >= 4 is 5.65 Å². The fourth-order valence-corrected chi connectivity index (χ4v) is 4.25. The molecule has 1 saturated heterocycles. The number of pyridine rings is 1. The zero-order valence-corrected chi connectivity index (χ0v) is 18.9. The third-order valence-electron chi connectivity index (χ3n) is 5.96. The molecule has 32 heavy (non-hydrogen) atoms. The van der Waals surface area contributed by atoms with Crippen molar-refractivity contribution < 1.29 is 14.6 Å². The second-order valence-electron chi connectivity index (χ2n) is 8.45. The number of β-amino-alcohol motifs (C(OH)–C–C–N with tert-alkyl or cyclic N) is 1. The van der Waals surface area contributed by atoms with Gasteiger partial charge in [0.05, 0.1) is 19.0 Å². The number of likely N-dealkylation sites (tertiary alicyclic amines) is 1. The second-order valence-corrected chi connectivity index (χ2v) is 8.45. The van der Waals surface area contributed by atoms with E-state index in [1.807, 2.05) is 48.8 Å². The van der Waals surface area contributed by atoms with Crippen LogP contribution in [0.3, 0.4) is 0 Å². The van der Waals surface area contributed by atoms with Crippen LogP contribution in [0.25, 0.3) is 5.65 Å². The van der Waals surface area contributed by atoms with Crippen molar-refractivity contribution in [2.24, 2.45) is 0 Å². The van der Waals surface area contributed by atoms with Gasteiger partial charge in [0.25, 0.3) is 0 Å². The number of rotatable bonds is 10. The number of aliphatic hydroxyl groups excluding tert-OH is 1. The summed E-state index contributed by atoms with van der Waals surface area (Å²) in [7, 11) is 1.64. The summed E-state index contributed by atoms with van der Waals surface area (Å²) in [5.74, 6) is 1.34. The van der Waals surface area contributed by atoms with E-state index in [0.29, 0.717) is 31.1 Å². The maximum Gasteiger partial charge on any atom is 0.161 e. The molecule has 172 valence electrons. The van der Waals surface area contributed by atoms with Gasteiger partial charge in [-0.2, -0.15) is 0 Å². The third kappa shape index (κ3) is 6.00. The topological polar surface area (TPSA) is 71.3 Å². The van der Waals surface area contributed by atoms with Crippen molar-refractivity contribution in [3.05, 3.63) is 60.0 Å². The van der Waals surface area contributed by atoms with Crippen LogP contribution in [0.5, 0.6) is 11.5 Å². The van der Waals surface area contributed by atoms with Crippen molar-refractivity contribution in [1.29, 1.82) is 0 Å². The Labute approximate surface area is 190 Å².